The minimum atomic E-state index is 0.538. The van der Waals surface area contributed by atoms with Crippen molar-refractivity contribution in [1.82, 2.24) is 14.6 Å². The Hall–Kier alpha value is -1.88. The average molecular weight is 371 g/mol. The lowest BCUT2D eigenvalue weighted by Gasteiger charge is -2.24. The van der Waals surface area contributed by atoms with Crippen LogP contribution in [-0.2, 0) is 0 Å². The van der Waals surface area contributed by atoms with Crippen LogP contribution in [0.1, 0.15) is 32.1 Å². The Kier molecular flexibility index (Phi) is 4.04. The van der Waals surface area contributed by atoms with Gasteiger partial charge in [0.15, 0.2) is 5.65 Å². The van der Waals surface area contributed by atoms with Crippen LogP contribution in [0.25, 0.3) is 16.9 Å². The second-order valence-corrected chi connectivity index (χ2v) is 7.03. The number of nitrogens with one attached hydrogen (secondary N) is 1. The molecule has 1 N–H and O–H groups in total. The Balaban J connectivity index is 1.73. The first-order chi connectivity index (χ1) is 11.3. The van der Waals surface area contributed by atoms with Gasteiger partial charge in [0.1, 0.15) is 5.82 Å². The molecule has 2 aromatic heterocycles. The molecule has 1 saturated carbocycles. The van der Waals surface area contributed by atoms with Gasteiger partial charge in [0.2, 0.25) is 0 Å². The molecular weight excluding hydrogens is 352 g/mol. The molecule has 3 aromatic rings. The standard InChI is InChI=1S/C18H19BrN4/c19-14-8-6-13(7-9-14)16-12-18(21-15-4-2-1-3-5-15)23-17(22-16)10-11-20-23/h6-12,15,21H,1-5H2. The molecule has 4 rings (SSSR count). The van der Waals surface area contributed by atoms with Gasteiger partial charge in [-0.15, -0.1) is 0 Å². The molecule has 4 nitrogen and oxygen atoms in total. The summed E-state index contributed by atoms with van der Waals surface area (Å²) in [4.78, 5) is 4.73. The van der Waals surface area contributed by atoms with Crippen LogP contribution in [0.3, 0.4) is 0 Å². The SMILES string of the molecule is Brc1ccc(-c2cc(NC3CCCCC3)n3nccc3n2)cc1. The van der Waals surface area contributed by atoms with Crippen molar-refractivity contribution in [1.29, 1.82) is 0 Å². The lowest BCUT2D eigenvalue weighted by atomic mass is 9.95. The van der Waals surface area contributed by atoms with Crippen LogP contribution in [0, 0.1) is 0 Å². The lowest BCUT2D eigenvalue weighted by molar-refractivity contribution is 0.461. The van der Waals surface area contributed by atoms with Crippen molar-refractivity contribution in [3.8, 4) is 11.3 Å². The Morgan fingerprint density at radius 1 is 1.04 bits per heavy atom. The zero-order chi connectivity index (χ0) is 15.6. The van der Waals surface area contributed by atoms with Crippen LogP contribution in [0.5, 0.6) is 0 Å². The number of aromatic nitrogens is 3. The number of benzene rings is 1. The number of anilines is 1. The number of rotatable bonds is 3. The Labute approximate surface area is 144 Å². The Bertz CT molecular complexity index is 804. The lowest BCUT2D eigenvalue weighted by Crippen LogP contribution is -2.23. The predicted octanol–water partition coefficient (Wildman–Crippen LogP) is 4.90. The topological polar surface area (TPSA) is 42.2 Å². The maximum Gasteiger partial charge on any atom is 0.157 e. The van der Waals surface area contributed by atoms with Crippen LogP contribution in [0.4, 0.5) is 5.82 Å². The van der Waals surface area contributed by atoms with Gasteiger partial charge < -0.3 is 5.32 Å². The summed E-state index contributed by atoms with van der Waals surface area (Å²) in [5.41, 5.74) is 2.97. The van der Waals surface area contributed by atoms with E-state index in [9.17, 15) is 0 Å². The summed E-state index contributed by atoms with van der Waals surface area (Å²) in [5, 5.41) is 8.10. The van der Waals surface area contributed by atoms with Crippen molar-refractivity contribution in [3.63, 3.8) is 0 Å². The van der Waals surface area contributed by atoms with Crippen LogP contribution >= 0.6 is 15.9 Å². The third-order valence-electron chi connectivity index (χ3n) is 4.46. The fourth-order valence-corrected chi connectivity index (χ4v) is 3.50. The van der Waals surface area contributed by atoms with E-state index < -0.39 is 0 Å². The molecule has 1 aliphatic rings. The molecular formula is C18H19BrN4. The third kappa shape index (κ3) is 3.11. The molecule has 1 aromatic carbocycles. The summed E-state index contributed by atoms with van der Waals surface area (Å²) in [6, 6.07) is 12.9. The monoisotopic (exact) mass is 370 g/mol. The van der Waals surface area contributed by atoms with E-state index in [2.05, 4.69) is 44.5 Å². The number of nitrogens with zero attached hydrogens (tertiary/aromatic N) is 3. The van der Waals surface area contributed by atoms with E-state index in [1.165, 1.54) is 32.1 Å². The summed E-state index contributed by atoms with van der Waals surface area (Å²) in [7, 11) is 0. The molecule has 0 unspecified atom stereocenters. The highest BCUT2D eigenvalue weighted by Gasteiger charge is 2.16. The van der Waals surface area contributed by atoms with Crippen LogP contribution in [-0.4, -0.2) is 20.6 Å². The molecule has 1 fully saturated rings. The highest BCUT2D eigenvalue weighted by molar-refractivity contribution is 9.10. The number of hydrogen-bond acceptors (Lipinski definition) is 3. The van der Waals surface area contributed by atoms with Gasteiger partial charge in [-0.2, -0.15) is 9.61 Å². The molecule has 0 saturated heterocycles. The molecule has 0 atom stereocenters. The molecule has 2 heterocycles. The van der Waals surface area contributed by atoms with E-state index >= 15 is 0 Å². The fraction of sp³-hybridized carbons (Fsp3) is 0.333. The van der Waals surface area contributed by atoms with Crippen molar-refractivity contribution in [2.75, 3.05) is 5.32 Å². The average Bonchev–Trinajstić information content (AvgIpc) is 3.05. The van der Waals surface area contributed by atoms with Gasteiger partial charge in [0.05, 0.1) is 11.9 Å². The summed E-state index contributed by atoms with van der Waals surface area (Å²) < 4.78 is 2.98. The second kappa shape index (κ2) is 6.32. The molecule has 0 aliphatic heterocycles. The van der Waals surface area contributed by atoms with E-state index in [0.29, 0.717) is 6.04 Å². The predicted molar refractivity (Wildman–Crippen MR) is 96.6 cm³/mol. The van der Waals surface area contributed by atoms with Gasteiger partial charge in [0, 0.05) is 28.2 Å². The van der Waals surface area contributed by atoms with Crippen molar-refractivity contribution in [2.24, 2.45) is 0 Å². The van der Waals surface area contributed by atoms with Crippen molar-refractivity contribution >= 4 is 27.4 Å². The normalized spacial score (nSPS) is 15.9. The summed E-state index contributed by atoms with van der Waals surface area (Å²) in [6.07, 6.45) is 8.25. The van der Waals surface area contributed by atoms with Crippen LogP contribution < -0.4 is 5.32 Å². The molecule has 5 heteroatoms. The highest BCUT2D eigenvalue weighted by atomic mass is 79.9. The summed E-state index contributed by atoms with van der Waals surface area (Å²) >= 11 is 3.48. The molecule has 0 spiro atoms. The van der Waals surface area contributed by atoms with Crippen LogP contribution in [0.15, 0.2) is 47.1 Å². The van der Waals surface area contributed by atoms with E-state index in [-0.39, 0.29) is 0 Å². The molecule has 0 amide bonds. The van der Waals surface area contributed by atoms with E-state index in [4.69, 9.17) is 4.98 Å². The first kappa shape index (κ1) is 14.7. The quantitative estimate of drug-likeness (QED) is 0.712. The fourth-order valence-electron chi connectivity index (χ4n) is 3.24. The van der Waals surface area contributed by atoms with Crippen molar-refractivity contribution < 1.29 is 0 Å². The van der Waals surface area contributed by atoms with Gasteiger partial charge in [-0.05, 0) is 25.0 Å². The van der Waals surface area contributed by atoms with Crippen molar-refractivity contribution in [3.05, 3.63) is 47.1 Å². The highest BCUT2D eigenvalue weighted by Crippen LogP contribution is 2.26. The first-order valence-electron chi connectivity index (χ1n) is 8.17. The van der Waals surface area contributed by atoms with E-state index in [1.807, 2.05) is 22.7 Å². The molecule has 0 bridgehead atoms. The second-order valence-electron chi connectivity index (χ2n) is 6.11. The molecule has 1 aliphatic carbocycles. The summed E-state index contributed by atoms with van der Waals surface area (Å²) in [6.45, 7) is 0. The number of hydrogen-bond donors (Lipinski definition) is 1. The van der Waals surface area contributed by atoms with Crippen LogP contribution in [0.2, 0.25) is 0 Å². The van der Waals surface area contributed by atoms with Crippen molar-refractivity contribution in [2.45, 2.75) is 38.1 Å². The van der Waals surface area contributed by atoms with Gasteiger partial charge in [0.25, 0.3) is 0 Å². The van der Waals surface area contributed by atoms with E-state index in [0.717, 1.165) is 27.2 Å². The zero-order valence-corrected chi connectivity index (χ0v) is 14.5. The largest absolute Gasteiger partial charge is 0.367 e. The minimum Gasteiger partial charge on any atom is -0.367 e. The molecule has 0 radical (unpaired) electrons. The summed E-state index contributed by atoms with van der Waals surface area (Å²) in [5.74, 6) is 1.03. The van der Waals surface area contributed by atoms with Gasteiger partial charge in [-0.3, -0.25) is 0 Å². The molecule has 23 heavy (non-hydrogen) atoms. The number of fused-ring (bicyclic) bond motifs is 1. The zero-order valence-electron chi connectivity index (χ0n) is 12.9. The maximum absolute atomic E-state index is 4.73. The van der Waals surface area contributed by atoms with Gasteiger partial charge in [-0.25, -0.2) is 4.98 Å². The Morgan fingerprint density at radius 3 is 2.61 bits per heavy atom. The van der Waals surface area contributed by atoms with Gasteiger partial charge >= 0.3 is 0 Å². The first-order valence-corrected chi connectivity index (χ1v) is 8.96. The number of halogens is 1. The smallest absolute Gasteiger partial charge is 0.157 e. The minimum absolute atomic E-state index is 0.538. The third-order valence-corrected chi connectivity index (χ3v) is 4.99. The van der Waals surface area contributed by atoms with E-state index in [1.54, 1.807) is 6.20 Å². The maximum atomic E-state index is 4.73. The Morgan fingerprint density at radius 2 is 1.83 bits per heavy atom. The van der Waals surface area contributed by atoms with Gasteiger partial charge in [-0.1, -0.05) is 47.3 Å². The molecule has 118 valence electrons.